The molecule has 2 nitrogen and oxygen atoms in total. The van der Waals surface area contributed by atoms with E-state index in [1.54, 1.807) is 7.11 Å². The Kier molecular flexibility index (Phi) is 7.95. The zero-order chi connectivity index (χ0) is 10.8. The lowest BCUT2D eigenvalue weighted by molar-refractivity contribution is 0.134. The van der Waals surface area contributed by atoms with Crippen LogP contribution in [0.1, 0.15) is 26.3 Å². The van der Waals surface area contributed by atoms with Crippen LogP contribution in [0.15, 0.2) is 24.3 Å². The zero-order valence-corrected chi connectivity index (χ0v) is 9.54. The zero-order valence-electron chi connectivity index (χ0n) is 9.54. The van der Waals surface area contributed by atoms with Crippen LogP contribution in [0.4, 0.5) is 0 Å². The second-order valence-corrected chi connectivity index (χ2v) is 2.49. The molecule has 0 aliphatic carbocycles. The van der Waals surface area contributed by atoms with Crippen LogP contribution < -0.4 is 4.74 Å². The van der Waals surface area contributed by atoms with Gasteiger partial charge in [0.2, 0.25) is 0 Å². The van der Waals surface area contributed by atoms with Crippen molar-refractivity contribution < 1.29 is 9.47 Å². The van der Waals surface area contributed by atoms with Gasteiger partial charge in [-0.05, 0) is 24.6 Å². The summed E-state index contributed by atoms with van der Waals surface area (Å²) in [7, 11) is 1.66. The number of ether oxygens (including phenoxy) is 2. The van der Waals surface area contributed by atoms with E-state index < -0.39 is 0 Å². The van der Waals surface area contributed by atoms with Gasteiger partial charge in [0, 0.05) is 6.61 Å². The molecule has 0 saturated carbocycles. The Bertz CT molecular complexity index is 216. The van der Waals surface area contributed by atoms with Crippen molar-refractivity contribution in [2.24, 2.45) is 0 Å². The van der Waals surface area contributed by atoms with Gasteiger partial charge in [0.05, 0.1) is 13.7 Å². The predicted molar refractivity (Wildman–Crippen MR) is 59.7 cm³/mol. The highest BCUT2D eigenvalue weighted by Crippen LogP contribution is 2.11. The Labute approximate surface area is 86.9 Å². The van der Waals surface area contributed by atoms with E-state index >= 15 is 0 Å². The lowest BCUT2D eigenvalue weighted by atomic mass is 10.2. The third kappa shape index (κ3) is 4.87. The third-order valence-electron chi connectivity index (χ3n) is 1.63. The average molecular weight is 196 g/mol. The van der Waals surface area contributed by atoms with Crippen molar-refractivity contribution >= 4 is 0 Å². The molecule has 0 spiro atoms. The largest absolute Gasteiger partial charge is 0.497 e. The van der Waals surface area contributed by atoms with Gasteiger partial charge in [-0.3, -0.25) is 0 Å². The highest BCUT2D eigenvalue weighted by Gasteiger charge is 1.92. The number of rotatable bonds is 4. The van der Waals surface area contributed by atoms with E-state index in [0.29, 0.717) is 6.61 Å². The van der Waals surface area contributed by atoms with E-state index in [9.17, 15) is 0 Å². The Morgan fingerprint density at radius 1 is 1.07 bits per heavy atom. The first-order valence-corrected chi connectivity index (χ1v) is 5.07. The van der Waals surface area contributed by atoms with Crippen LogP contribution in [0.2, 0.25) is 0 Å². The monoisotopic (exact) mass is 196 g/mol. The van der Waals surface area contributed by atoms with Gasteiger partial charge in [0.1, 0.15) is 5.75 Å². The fourth-order valence-electron chi connectivity index (χ4n) is 0.942. The molecule has 0 saturated heterocycles. The van der Waals surface area contributed by atoms with Crippen LogP contribution in [0.5, 0.6) is 5.75 Å². The summed E-state index contributed by atoms with van der Waals surface area (Å²) in [5.41, 5.74) is 1.18. The Balaban J connectivity index is 0.000000791. The van der Waals surface area contributed by atoms with E-state index in [-0.39, 0.29) is 0 Å². The third-order valence-corrected chi connectivity index (χ3v) is 1.63. The van der Waals surface area contributed by atoms with Gasteiger partial charge in [-0.15, -0.1) is 0 Å². The molecule has 0 amide bonds. The molecule has 1 rings (SSSR count). The molecule has 0 heterocycles. The van der Waals surface area contributed by atoms with E-state index in [1.807, 2.05) is 45.0 Å². The second kappa shape index (κ2) is 8.57. The summed E-state index contributed by atoms with van der Waals surface area (Å²) in [5.74, 6) is 0.884. The van der Waals surface area contributed by atoms with E-state index in [1.165, 1.54) is 5.56 Å². The van der Waals surface area contributed by atoms with Gasteiger partial charge in [-0.25, -0.2) is 0 Å². The molecule has 0 N–H and O–H groups in total. The van der Waals surface area contributed by atoms with Crippen LogP contribution in [-0.4, -0.2) is 13.7 Å². The van der Waals surface area contributed by atoms with Crippen molar-refractivity contribution in [3.05, 3.63) is 29.8 Å². The molecule has 0 aliphatic heterocycles. The van der Waals surface area contributed by atoms with E-state index in [2.05, 4.69) is 0 Å². The molecule has 2 heteroatoms. The van der Waals surface area contributed by atoms with Gasteiger partial charge in [0.15, 0.2) is 0 Å². The molecular formula is C12H20O2. The molecule has 1 aromatic carbocycles. The minimum atomic E-state index is 0.681. The first-order chi connectivity index (χ1) is 6.86. The maximum atomic E-state index is 5.25. The number of methoxy groups -OCH3 is 1. The van der Waals surface area contributed by atoms with Crippen LogP contribution in [0.25, 0.3) is 0 Å². The minimum absolute atomic E-state index is 0.681. The SMILES string of the molecule is CC.CCOCc1ccc(OC)cc1. The number of benzene rings is 1. The molecule has 0 aromatic heterocycles. The first kappa shape index (κ1) is 13.0. The highest BCUT2D eigenvalue weighted by atomic mass is 16.5. The topological polar surface area (TPSA) is 18.5 Å². The maximum Gasteiger partial charge on any atom is 0.118 e. The summed E-state index contributed by atoms with van der Waals surface area (Å²) in [6, 6.07) is 7.89. The van der Waals surface area contributed by atoms with Gasteiger partial charge >= 0.3 is 0 Å². The summed E-state index contributed by atoms with van der Waals surface area (Å²) in [5, 5.41) is 0. The van der Waals surface area contributed by atoms with Crippen LogP contribution in [-0.2, 0) is 11.3 Å². The molecule has 0 fully saturated rings. The van der Waals surface area contributed by atoms with Crippen LogP contribution in [0.3, 0.4) is 0 Å². The van der Waals surface area contributed by atoms with Crippen molar-refractivity contribution in [2.45, 2.75) is 27.4 Å². The van der Waals surface area contributed by atoms with Gasteiger partial charge in [-0.2, -0.15) is 0 Å². The summed E-state index contributed by atoms with van der Waals surface area (Å²) < 4.78 is 10.3. The lowest BCUT2D eigenvalue weighted by Crippen LogP contribution is -1.91. The van der Waals surface area contributed by atoms with Crippen molar-refractivity contribution in [1.82, 2.24) is 0 Å². The van der Waals surface area contributed by atoms with Crippen LogP contribution >= 0.6 is 0 Å². The van der Waals surface area contributed by atoms with Crippen molar-refractivity contribution in [2.75, 3.05) is 13.7 Å². The molecule has 14 heavy (non-hydrogen) atoms. The van der Waals surface area contributed by atoms with Gasteiger partial charge < -0.3 is 9.47 Å². The summed E-state index contributed by atoms with van der Waals surface area (Å²) in [6.45, 7) is 7.43. The molecule has 0 unspecified atom stereocenters. The van der Waals surface area contributed by atoms with E-state index in [0.717, 1.165) is 12.4 Å². The quantitative estimate of drug-likeness (QED) is 0.736. The summed E-state index contributed by atoms with van der Waals surface area (Å²) in [4.78, 5) is 0. The van der Waals surface area contributed by atoms with Crippen molar-refractivity contribution in [1.29, 1.82) is 0 Å². The van der Waals surface area contributed by atoms with Crippen LogP contribution in [0, 0.1) is 0 Å². The first-order valence-electron chi connectivity index (χ1n) is 5.07. The number of hydrogen-bond acceptors (Lipinski definition) is 2. The fraction of sp³-hybridized carbons (Fsp3) is 0.500. The molecule has 0 atom stereocenters. The molecule has 80 valence electrons. The van der Waals surface area contributed by atoms with E-state index in [4.69, 9.17) is 9.47 Å². The Morgan fingerprint density at radius 2 is 1.64 bits per heavy atom. The maximum absolute atomic E-state index is 5.25. The molecular weight excluding hydrogens is 176 g/mol. The summed E-state index contributed by atoms with van der Waals surface area (Å²) >= 11 is 0. The minimum Gasteiger partial charge on any atom is -0.497 e. The smallest absolute Gasteiger partial charge is 0.118 e. The second-order valence-electron chi connectivity index (χ2n) is 2.49. The fourth-order valence-corrected chi connectivity index (χ4v) is 0.942. The predicted octanol–water partition coefficient (Wildman–Crippen LogP) is 3.26. The van der Waals surface area contributed by atoms with Crippen molar-refractivity contribution in [3.8, 4) is 5.75 Å². The Morgan fingerprint density at radius 3 is 2.07 bits per heavy atom. The molecule has 1 aromatic rings. The molecule has 0 radical (unpaired) electrons. The highest BCUT2D eigenvalue weighted by molar-refractivity contribution is 5.26. The summed E-state index contributed by atoms with van der Waals surface area (Å²) in [6.07, 6.45) is 0. The normalized spacial score (nSPS) is 8.86. The number of hydrogen-bond donors (Lipinski definition) is 0. The average Bonchev–Trinajstić information content (AvgIpc) is 2.30. The van der Waals surface area contributed by atoms with Crippen molar-refractivity contribution in [3.63, 3.8) is 0 Å². The standard InChI is InChI=1S/C10H14O2.C2H6/c1-3-12-8-9-4-6-10(11-2)7-5-9;1-2/h4-7H,3,8H2,1-2H3;1-2H3. The molecule has 0 bridgehead atoms. The van der Waals surface area contributed by atoms with Gasteiger partial charge in [0.25, 0.3) is 0 Å². The lowest BCUT2D eigenvalue weighted by Gasteiger charge is -2.02. The molecule has 0 aliphatic rings. The van der Waals surface area contributed by atoms with Gasteiger partial charge in [-0.1, -0.05) is 26.0 Å². The Hall–Kier alpha value is -1.02.